The van der Waals surface area contributed by atoms with Crippen molar-refractivity contribution in [3.63, 3.8) is 0 Å². The minimum Gasteiger partial charge on any atom is -0.354 e. The molecule has 1 unspecified atom stereocenters. The van der Waals surface area contributed by atoms with Crippen molar-refractivity contribution in [2.24, 2.45) is 0 Å². The van der Waals surface area contributed by atoms with Gasteiger partial charge in [0.25, 0.3) is 0 Å². The van der Waals surface area contributed by atoms with Gasteiger partial charge in [0.05, 0.1) is 17.8 Å². The fourth-order valence-electron chi connectivity index (χ4n) is 2.49. The Morgan fingerprint density at radius 3 is 3.00 bits per heavy atom. The Morgan fingerprint density at radius 2 is 2.29 bits per heavy atom. The summed E-state index contributed by atoms with van der Waals surface area (Å²) < 4.78 is 1.88. The van der Waals surface area contributed by atoms with Crippen LogP contribution in [0.2, 0.25) is 0 Å². The molecule has 0 N–H and O–H groups in total. The van der Waals surface area contributed by atoms with E-state index in [1.54, 1.807) is 18.6 Å². The van der Waals surface area contributed by atoms with E-state index in [4.69, 9.17) is 5.26 Å². The lowest BCUT2D eigenvalue weighted by Gasteiger charge is -2.19. The second-order valence-corrected chi connectivity index (χ2v) is 5.32. The van der Waals surface area contributed by atoms with Gasteiger partial charge >= 0.3 is 0 Å². The van der Waals surface area contributed by atoms with Crippen LogP contribution in [-0.2, 0) is 0 Å². The third-order valence-electron chi connectivity index (χ3n) is 3.62. The van der Waals surface area contributed by atoms with Gasteiger partial charge in [-0.2, -0.15) is 15.3 Å². The molecule has 3 rings (SSSR count). The van der Waals surface area contributed by atoms with Crippen molar-refractivity contribution in [3.8, 4) is 6.07 Å². The molecule has 1 saturated heterocycles. The molecular weight excluding hydrogens is 266 g/mol. The van der Waals surface area contributed by atoms with Crippen molar-refractivity contribution >= 4 is 11.8 Å². The number of anilines is 2. The topological polar surface area (TPSA) is 73.9 Å². The van der Waals surface area contributed by atoms with Gasteiger partial charge in [0, 0.05) is 39.6 Å². The Labute approximate surface area is 123 Å². The molecule has 108 valence electrons. The van der Waals surface area contributed by atoms with Crippen molar-refractivity contribution in [2.45, 2.75) is 12.5 Å². The maximum absolute atomic E-state index is 8.87. The predicted molar refractivity (Wildman–Crippen MR) is 79.2 cm³/mol. The lowest BCUT2D eigenvalue weighted by molar-refractivity contribution is 0.494. The van der Waals surface area contributed by atoms with Gasteiger partial charge in [-0.25, -0.2) is 4.98 Å². The zero-order chi connectivity index (χ0) is 14.8. The zero-order valence-electron chi connectivity index (χ0n) is 12.1. The first-order valence-corrected chi connectivity index (χ1v) is 6.87. The highest BCUT2D eigenvalue weighted by molar-refractivity contribution is 5.44. The first-order chi connectivity index (χ1) is 10.2. The summed E-state index contributed by atoms with van der Waals surface area (Å²) in [6.45, 7) is 1.77. The van der Waals surface area contributed by atoms with E-state index >= 15 is 0 Å². The van der Waals surface area contributed by atoms with Crippen molar-refractivity contribution in [3.05, 3.63) is 30.2 Å². The minimum atomic E-state index is 0.282. The molecule has 0 bridgehead atoms. The van der Waals surface area contributed by atoms with E-state index in [1.807, 2.05) is 29.7 Å². The second-order valence-electron chi connectivity index (χ2n) is 5.32. The summed E-state index contributed by atoms with van der Waals surface area (Å²) >= 11 is 0. The molecule has 1 aliphatic heterocycles. The summed E-state index contributed by atoms with van der Waals surface area (Å²) in [5.74, 6) is 1.64. The Hall–Kier alpha value is -2.62. The monoisotopic (exact) mass is 283 g/mol. The summed E-state index contributed by atoms with van der Waals surface area (Å²) in [5.41, 5.74) is 0.602. The van der Waals surface area contributed by atoms with Crippen LogP contribution in [0.1, 0.15) is 18.0 Å². The van der Waals surface area contributed by atoms with E-state index in [0.717, 1.165) is 25.3 Å². The first-order valence-electron chi connectivity index (χ1n) is 6.87. The molecule has 7 heteroatoms. The molecule has 3 heterocycles. The summed E-state index contributed by atoms with van der Waals surface area (Å²) in [6, 6.07) is 4.32. The van der Waals surface area contributed by atoms with Crippen LogP contribution in [0.15, 0.2) is 24.7 Å². The normalized spacial score (nSPS) is 17.8. The molecule has 0 spiro atoms. The van der Waals surface area contributed by atoms with Crippen LogP contribution >= 0.6 is 0 Å². The summed E-state index contributed by atoms with van der Waals surface area (Å²) in [4.78, 5) is 12.9. The Balaban J connectivity index is 1.75. The molecule has 1 aliphatic rings. The summed E-state index contributed by atoms with van der Waals surface area (Å²) in [6.07, 6.45) is 6.19. The number of hydrogen-bond acceptors (Lipinski definition) is 6. The number of aromatic nitrogens is 4. The van der Waals surface area contributed by atoms with Crippen LogP contribution in [0, 0.1) is 11.3 Å². The number of hydrogen-bond donors (Lipinski definition) is 0. The molecule has 2 aromatic heterocycles. The number of nitrogens with zero attached hydrogens (tertiary/aromatic N) is 7. The van der Waals surface area contributed by atoms with E-state index in [1.165, 1.54) is 0 Å². The molecule has 0 radical (unpaired) electrons. The molecule has 0 amide bonds. The zero-order valence-corrected chi connectivity index (χ0v) is 12.1. The van der Waals surface area contributed by atoms with E-state index in [2.05, 4.69) is 26.0 Å². The van der Waals surface area contributed by atoms with E-state index in [-0.39, 0.29) is 6.04 Å². The standard InChI is InChI=1S/C14H17N7/c1-19(2)14-16-5-3-13(18-14)20-6-4-12(10-20)21-9-11(7-15)8-17-21/h3,5,8-9,12H,4,6,10H2,1-2H3. The largest absolute Gasteiger partial charge is 0.354 e. The first kappa shape index (κ1) is 13.4. The second kappa shape index (κ2) is 5.40. The number of nitriles is 1. The van der Waals surface area contributed by atoms with Crippen LogP contribution in [0.5, 0.6) is 0 Å². The summed E-state index contributed by atoms with van der Waals surface area (Å²) in [5, 5.41) is 13.1. The van der Waals surface area contributed by atoms with Crippen molar-refractivity contribution in [1.29, 1.82) is 5.26 Å². The maximum Gasteiger partial charge on any atom is 0.226 e. The van der Waals surface area contributed by atoms with Gasteiger partial charge in [-0.15, -0.1) is 0 Å². The molecular formula is C14H17N7. The van der Waals surface area contributed by atoms with Gasteiger partial charge in [-0.1, -0.05) is 0 Å². The Kier molecular flexibility index (Phi) is 3.44. The van der Waals surface area contributed by atoms with Crippen molar-refractivity contribution in [1.82, 2.24) is 19.7 Å². The van der Waals surface area contributed by atoms with Crippen molar-refractivity contribution < 1.29 is 0 Å². The fraction of sp³-hybridized carbons (Fsp3) is 0.429. The van der Waals surface area contributed by atoms with E-state index < -0.39 is 0 Å². The van der Waals surface area contributed by atoms with E-state index in [0.29, 0.717) is 11.5 Å². The van der Waals surface area contributed by atoms with Crippen LogP contribution in [-0.4, -0.2) is 46.9 Å². The SMILES string of the molecule is CN(C)c1nccc(N2CCC(n3cc(C#N)cn3)C2)n1. The van der Waals surface area contributed by atoms with E-state index in [9.17, 15) is 0 Å². The molecule has 7 nitrogen and oxygen atoms in total. The van der Waals surface area contributed by atoms with Crippen LogP contribution < -0.4 is 9.80 Å². The highest BCUT2D eigenvalue weighted by Gasteiger charge is 2.25. The molecule has 0 saturated carbocycles. The molecule has 0 aliphatic carbocycles. The molecule has 0 aromatic carbocycles. The maximum atomic E-state index is 8.87. The molecule has 21 heavy (non-hydrogen) atoms. The average Bonchev–Trinajstić information content (AvgIpc) is 3.16. The van der Waals surface area contributed by atoms with Gasteiger partial charge in [0.2, 0.25) is 5.95 Å². The molecule has 1 atom stereocenters. The fourth-order valence-corrected chi connectivity index (χ4v) is 2.49. The Morgan fingerprint density at radius 1 is 1.43 bits per heavy atom. The van der Waals surface area contributed by atoms with Gasteiger partial charge in [-0.05, 0) is 12.5 Å². The molecule has 2 aromatic rings. The van der Waals surface area contributed by atoms with Crippen molar-refractivity contribution in [2.75, 3.05) is 37.0 Å². The van der Waals surface area contributed by atoms with Crippen LogP contribution in [0.3, 0.4) is 0 Å². The lowest BCUT2D eigenvalue weighted by atomic mass is 10.3. The predicted octanol–water partition coefficient (Wildman–Crippen LogP) is 1.06. The summed E-state index contributed by atoms with van der Waals surface area (Å²) in [7, 11) is 3.86. The quantitative estimate of drug-likeness (QED) is 0.838. The van der Waals surface area contributed by atoms with Crippen LogP contribution in [0.25, 0.3) is 0 Å². The average molecular weight is 283 g/mol. The Bertz CT molecular complexity index is 670. The van der Waals surface area contributed by atoms with Crippen LogP contribution in [0.4, 0.5) is 11.8 Å². The van der Waals surface area contributed by atoms with Gasteiger partial charge in [0.1, 0.15) is 11.9 Å². The smallest absolute Gasteiger partial charge is 0.226 e. The third kappa shape index (κ3) is 2.65. The highest BCUT2D eigenvalue weighted by Crippen LogP contribution is 2.25. The molecule has 1 fully saturated rings. The van der Waals surface area contributed by atoms with Gasteiger partial charge in [-0.3, -0.25) is 4.68 Å². The van der Waals surface area contributed by atoms with Gasteiger partial charge in [0.15, 0.2) is 0 Å². The van der Waals surface area contributed by atoms with Gasteiger partial charge < -0.3 is 9.80 Å². The highest BCUT2D eigenvalue weighted by atomic mass is 15.3. The number of rotatable bonds is 3. The minimum absolute atomic E-state index is 0.282. The third-order valence-corrected chi connectivity index (χ3v) is 3.62. The lowest BCUT2D eigenvalue weighted by Crippen LogP contribution is -2.23.